The van der Waals surface area contributed by atoms with E-state index < -0.39 is 17.8 Å². The highest BCUT2D eigenvalue weighted by Crippen LogP contribution is 2.32. The SMILES string of the molecule is CCN(CC)C(=O)c1ccc(CNC(=O)N(C)Cc2ccccc2C(F)(F)F)cc1. The lowest BCUT2D eigenvalue weighted by Crippen LogP contribution is -2.36. The van der Waals surface area contributed by atoms with E-state index in [1.165, 1.54) is 30.1 Å². The van der Waals surface area contributed by atoms with Gasteiger partial charge in [-0.25, -0.2) is 4.79 Å². The highest BCUT2D eigenvalue weighted by molar-refractivity contribution is 5.94. The summed E-state index contributed by atoms with van der Waals surface area (Å²) in [5.74, 6) is -0.0568. The minimum atomic E-state index is -4.47. The molecule has 0 aliphatic heterocycles. The fourth-order valence-corrected chi connectivity index (χ4v) is 3.03. The van der Waals surface area contributed by atoms with Gasteiger partial charge in [-0.2, -0.15) is 13.2 Å². The molecule has 0 unspecified atom stereocenters. The van der Waals surface area contributed by atoms with Gasteiger partial charge in [-0.3, -0.25) is 4.79 Å². The van der Waals surface area contributed by atoms with Crippen LogP contribution in [0.15, 0.2) is 48.5 Å². The summed E-state index contributed by atoms with van der Waals surface area (Å²) in [7, 11) is 1.44. The van der Waals surface area contributed by atoms with Crippen molar-refractivity contribution in [2.24, 2.45) is 0 Å². The molecule has 0 bridgehead atoms. The fraction of sp³-hybridized carbons (Fsp3) is 0.364. The molecule has 0 radical (unpaired) electrons. The van der Waals surface area contributed by atoms with Crippen molar-refractivity contribution >= 4 is 11.9 Å². The molecule has 3 amide bonds. The third-order valence-corrected chi connectivity index (χ3v) is 4.77. The van der Waals surface area contributed by atoms with Crippen molar-refractivity contribution in [2.75, 3.05) is 20.1 Å². The Morgan fingerprint density at radius 3 is 2.13 bits per heavy atom. The van der Waals surface area contributed by atoms with Gasteiger partial charge in [0.25, 0.3) is 5.91 Å². The third kappa shape index (κ3) is 5.98. The zero-order chi connectivity index (χ0) is 22.3. The Balaban J connectivity index is 1.95. The molecule has 5 nitrogen and oxygen atoms in total. The van der Waals surface area contributed by atoms with Crippen molar-refractivity contribution in [1.82, 2.24) is 15.1 Å². The summed E-state index contributed by atoms with van der Waals surface area (Å²) in [6.07, 6.45) is -4.47. The van der Waals surface area contributed by atoms with Gasteiger partial charge in [-0.1, -0.05) is 30.3 Å². The molecule has 2 rings (SSSR count). The van der Waals surface area contributed by atoms with E-state index in [1.54, 1.807) is 29.2 Å². The molecule has 2 aromatic rings. The molecule has 0 heterocycles. The number of amides is 3. The molecule has 0 aliphatic rings. The third-order valence-electron chi connectivity index (χ3n) is 4.77. The Hall–Kier alpha value is -3.03. The van der Waals surface area contributed by atoms with Crippen molar-refractivity contribution in [3.63, 3.8) is 0 Å². The number of hydrogen-bond donors (Lipinski definition) is 1. The van der Waals surface area contributed by atoms with E-state index in [0.717, 1.165) is 11.6 Å². The van der Waals surface area contributed by atoms with E-state index in [2.05, 4.69) is 5.32 Å². The molecule has 2 aromatic carbocycles. The second kappa shape index (κ2) is 10.1. The van der Waals surface area contributed by atoms with Crippen LogP contribution in [0.4, 0.5) is 18.0 Å². The van der Waals surface area contributed by atoms with Gasteiger partial charge in [0.05, 0.1) is 5.56 Å². The van der Waals surface area contributed by atoms with E-state index in [0.29, 0.717) is 18.7 Å². The van der Waals surface area contributed by atoms with Crippen LogP contribution in [-0.4, -0.2) is 41.9 Å². The van der Waals surface area contributed by atoms with E-state index in [9.17, 15) is 22.8 Å². The van der Waals surface area contributed by atoms with Crippen LogP contribution < -0.4 is 5.32 Å². The molecule has 0 spiro atoms. The molecular formula is C22H26F3N3O2. The quantitative estimate of drug-likeness (QED) is 0.714. The Kier molecular flexibility index (Phi) is 7.86. The van der Waals surface area contributed by atoms with E-state index in [-0.39, 0.29) is 24.6 Å². The summed E-state index contributed by atoms with van der Waals surface area (Å²) in [6.45, 7) is 5.10. The van der Waals surface area contributed by atoms with Gasteiger partial charge in [0.1, 0.15) is 0 Å². The Morgan fingerprint density at radius 2 is 1.57 bits per heavy atom. The number of alkyl halides is 3. The maximum atomic E-state index is 13.1. The Labute approximate surface area is 174 Å². The molecule has 0 saturated carbocycles. The van der Waals surface area contributed by atoms with Crippen LogP contribution >= 0.6 is 0 Å². The first-order valence-electron chi connectivity index (χ1n) is 9.69. The average molecular weight is 421 g/mol. The van der Waals surface area contributed by atoms with Gasteiger partial charge in [0.15, 0.2) is 0 Å². The van der Waals surface area contributed by atoms with Crippen LogP contribution in [0.1, 0.15) is 40.9 Å². The summed E-state index contributed by atoms with van der Waals surface area (Å²) in [5, 5.41) is 2.68. The monoisotopic (exact) mass is 421 g/mol. The maximum Gasteiger partial charge on any atom is 0.416 e. The largest absolute Gasteiger partial charge is 0.416 e. The predicted octanol–water partition coefficient (Wildman–Crippen LogP) is 4.53. The van der Waals surface area contributed by atoms with E-state index in [4.69, 9.17) is 0 Å². The van der Waals surface area contributed by atoms with Crippen molar-refractivity contribution in [3.8, 4) is 0 Å². The van der Waals surface area contributed by atoms with Gasteiger partial charge in [0.2, 0.25) is 0 Å². The average Bonchev–Trinajstić information content (AvgIpc) is 2.72. The van der Waals surface area contributed by atoms with Crippen LogP contribution in [0.3, 0.4) is 0 Å². The number of carbonyl (C=O) groups is 2. The standard InChI is InChI=1S/C22H26F3N3O2/c1-4-28(5-2)20(29)17-12-10-16(11-13-17)14-26-21(30)27(3)15-18-8-6-7-9-19(18)22(23,24)25/h6-13H,4-5,14-15H2,1-3H3,(H,26,30). The summed E-state index contributed by atoms with van der Waals surface area (Å²) in [6, 6.07) is 11.6. The molecule has 0 atom stereocenters. The lowest BCUT2D eigenvalue weighted by Gasteiger charge is -2.21. The Morgan fingerprint density at radius 1 is 0.967 bits per heavy atom. The maximum absolute atomic E-state index is 13.1. The molecule has 8 heteroatoms. The molecule has 1 N–H and O–H groups in total. The minimum absolute atomic E-state index is 0.0296. The van der Waals surface area contributed by atoms with Crippen molar-refractivity contribution in [3.05, 3.63) is 70.8 Å². The molecule has 0 saturated heterocycles. The van der Waals surface area contributed by atoms with Crippen molar-refractivity contribution in [2.45, 2.75) is 33.1 Å². The number of hydrogen-bond acceptors (Lipinski definition) is 2. The predicted molar refractivity (Wildman–Crippen MR) is 109 cm³/mol. The number of carbonyl (C=O) groups excluding carboxylic acids is 2. The summed E-state index contributed by atoms with van der Waals surface area (Å²) >= 11 is 0. The number of rotatable bonds is 7. The van der Waals surface area contributed by atoms with E-state index >= 15 is 0 Å². The van der Waals surface area contributed by atoms with Gasteiger partial charge >= 0.3 is 12.2 Å². The summed E-state index contributed by atoms with van der Waals surface area (Å²) in [4.78, 5) is 27.5. The fourth-order valence-electron chi connectivity index (χ4n) is 3.03. The van der Waals surface area contributed by atoms with Crippen LogP contribution in [0.5, 0.6) is 0 Å². The summed E-state index contributed by atoms with van der Waals surface area (Å²) < 4.78 is 39.3. The second-order valence-electron chi connectivity index (χ2n) is 6.84. The summed E-state index contributed by atoms with van der Waals surface area (Å²) in [5.41, 5.74) is 0.623. The number of nitrogens with one attached hydrogen (secondary N) is 1. The number of urea groups is 1. The molecular weight excluding hydrogens is 395 g/mol. The van der Waals surface area contributed by atoms with Gasteiger partial charge < -0.3 is 15.1 Å². The van der Waals surface area contributed by atoms with E-state index in [1.807, 2.05) is 13.8 Å². The molecule has 0 aromatic heterocycles. The van der Waals surface area contributed by atoms with Crippen LogP contribution in [-0.2, 0) is 19.3 Å². The minimum Gasteiger partial charge on any atom is -0.339 e. The highest BCUT2D eigenvalue weighted by atomic mass is 19.4. The first-order valence-corrected chi connectivity index (χ1v) is 9.69. The first-order chi connectivity index (χ1) is 14.2. The highest BCUT2D eigenvalue weighted by Gasteiger charge is 2.33. The molecule has 30 heavy (non-hydrogen) atoms. The number of benzene rings is 2. The lowest BCUT2D eigenvalue weighted by molar-refractivity contribution is -0.138. The Bertz CT molecular complexity index is 863. The van der Waals surface area contributed by atoms with Crippen LogP contribution in [0.25, 0.3) is 0 Å². The van der Waals surface area contributed by atoms with Crippen LogP contribution in [0, 0.1) is 0 Å². The normalized spacial score (nSPS) is 11.1. The molecule has 162 valence electrons. The smallest absolute Gasteiger partial charge is 0.339 e. The van der Waals surface area contributed by atoms with Gasteiger partial charge in [-0.15, -0.1) is 0 Å². The van der Waals surface area contributed by atoms with Crippen LogP contribution in [0.2, 0.25) is 0 Å². The second-order valence-corrected chi connectivity index (χ2v) is 6.84. The van der Waals surface area contributed by atoms with Crippen molar-refractivity contribution in [1.29, 1.82) is 0 Å². The van der Waals surface area contributed by atoms with Gasteiger partial charge in [-0.05, 0) is 43.2 Å². The first kappa shape index (κ1) is 23.3. The van der Waals surface area contributed by atoms with Crippen molar-refractivity contribution < 1.29 is 22.8 Å². The topological polar surface area (TPSA) is 52.7 Å². The zero-order valence-electron chi connectivity index (χ0n) is 17.3. The number of halogens is 3. The molecule has 0 fully saturated rings. The zero-order valence-corrected chi connectivity index (χ0v) is 17.3. The molecule has 0 aliphatic carbocycles. The lowest BCUT2D eigenvalue weighted by atomic mass is 10.1. The van der Waals surface area contributed by atoms with Gasteiger partial charge in [0, 0.05) is 38.8 Å². The number of nitrogens with zero attached hydrogens (tertiary/aromatic N) is 2.